The number of aromatic nitrogens is 1. The first kappa shape index (κ1) is 11.5. The van der Waals surface area contributed by atoms with Crippen molar-refractivity contribution in [2.45, 2.75) is 26.3 Å². The van der Waals surface area contributed by atoms with Gasteiger partial charge in [0.1, 0.15) is 6.04 Å². The number of nitrogens with one attached hydrogen (secondary N) is 1. The summed E-state index contributed by atoms with van der Waals surface area (Å²) in [5, 5.41) is 10.8. The van der Waals surface area contributed by atoms with Crippen LogP contribution in [0.4, 0.5) is 0 Å². The number of hydrogen-bond acceptors (Lipinski definition) is 2. The van der Waals surface area contributed by atoms with E-state index < -0.39 is 12.0 Å². The SMILES string of the molecule is C/C=c1/c(CC(N)C(=O)O)c[nH]/c1=C/C. The van der Waals surface area contributed by atoms with E-state index in [9.17, 15) is 4.79 Å². The van der Waals surface area contributed by atoms with Crippen LogP contribution in [0.2, 0.25) is 0 Å². The molecule has 4 nitrogen and oxygen atoms in total. The number of carbonyl (C=O) groups is 1. The molecule has 4 N–H and O–H groups in total. The molecule has 0 spiro atoms. The number of carboxylic acids is 1. The summed E-state index contributed by atoms with van der Waals surface area (Å²) in [4.78, 5) is 13.7. The molecule has 0 saturated heterocycles. The van der Waals surface area contributed by atoms with E-state index >= 15 is 0 Å². The molecule has 0 radical (unpaired) electrons. The maximum absolute atomic E-state index is 10.6. The lowest BCUT2D eigenvalue weighted by Crippen LogP contribution is -2.35. The Labute approximate surface area is 88.1 Å². The highest BCUT2D eigenvalue weighted by molar-refractivity contribution is 5.73. The molecule has 1 atom stereocenters. The van der Waals surface area contributed by atoms with Gasteiger partial charge in [-0.2, -0.15) is 0 Å². The van der Waals surface area contributed by atoms with Crippen LogP contribution in [0.5, 0.6) is 0 Å². The summed E-state index contributed by atoms with van der Waals surface area (Å²) in [6.07, 6.45) is 6.06. The van der Waals surface area contributed by atoms with E-state index in [0.717, 1.165) is 16.1 Å². The van der Waals surface area contributed by atoms with Gasteiger partial charge < -0.3 is 15.8 Å². The molecular weight excluding hydrogens is 192 g/mol. The van der Waals surface area contributed by atoms with Crippen molar-refractivity contribution in [1.82, 2.24) is 4.98 Å². The zero-order valence-electron chi connectivity index (χ0n) is 8.95. The third kappa shape index (κ3) is 2.47. The molecule has 0 amide bonds. The molecule has 1 aromatic rings. The van der Waals surface area contributed by atoms with Gasteiger partial charge in [-0.05, 0) is 24.6 Å². The molecule has 0 fully saturated rings. The predicted octanol–water partition coefficient (Wildman–Crippen LogP) is -0.430. The molecule has 82 valence electrons. The van der Waals surface area contributed by atoms with E-state index in [1.807, 2.05) is 32.2 Å². The van der Waals surface area contributed by atoms with Crippen molar-refractivity contribution in [2.75, 3.05) is 0 Å². The molecule has 1 aromatic heterocycles. The molecule has 1 rings (SSSR count). The standard InChI is InChI=1S/C11H16N2O2/c1-3-8-7(5-9(12)11(14)15)6-13-10(8)4-2/h3-4,6,9,13H,5,12H2,1-2H3,(H,14,15)/b8-3-,10-4+. The zero-order valence-corrected chi connectivity index (χ0v) is 8.95. The van der Waals surface area contributed by atoms with Crippen molar-refractivity contribution in [2.24, 2.45) is 5.73 Å². The monoisotopic (exact) mass is 208 g/mol. The minimum atomic E-state index is -0.972. The zero-order chi connectivity index (χ0) is 11.4. The average Bonchev–Trinajstić information content (AvgIpc) is 2.59. The Morgan fingerprint density at radius 3 is 2.73 bits per heavy atom. The molecular formula is C11H16N2O2. The molecule has 0 aliphatic heterocycles. The van der Waals surface area contributed by atoms with Crippen molar-refractivity contribution < 1.29 is 9.90 Å². The van der Waals surface area contributed by atoms with Crippen LogP contribution in [0, 0.1) is 0 Å². The fraction of sp³-hybridized carbons (Fsp3) is 0.364. The summed E-state index contributed by atoms with van der Waals surface area (Å²) in [6.45, 7) is 3.85. The Kier molecular flexibility index (Phi) is 3.68. The second-order valence-corrected chi connectivity index (χ2v) is 3.37. The number of rotatable bonds is 3. The topological polar surface area (TPSA) is 79.1 Å². The van der Waals surface area contributed by atoms with Crippen molar-refractivity contribution in [3.63, 3.8) is 0 Å². The summed E-state index contributed by atoms with van der Waals surface area (Å²) in [6, 6.07) is -0.843. The Balaban J connectivity index is 3.08. The fourth-order valence-electron chi connectivity index (χ4n) is 1.57. The van der Waals surface area contributed by atoms with Crippen molar-refractivity contribution in [3.8, 4) is 0 Å². The Morgan fingerprint density at radius 2 is 2.27 bits per heavy atom. The first-order valence-electron chi connectivity index (χ1n) is 4.87. The molecule has 0 saturated carbocycles. The normalized spacial score (nSPS) is 15.7. The fourth-order valence-corrected chi connectivity index (χ4v) is 1.57. The molecule has 15 heavy (non-hydrogen) atoms. The Morgan fingerprint density at radius 1 is 1.60 bits per heavy atom. The Hall–Kier alpha value is -1.55. The van der Waals surface area contributed by atoms with Crippen LogP contribution in [0.15, 0.2) is 6.20 Å². The summed E-state index contributed by atoms with van der Waals surface area (Å²) < 4.78 is 0. The second kappa shape index (κ2) is 4.79. The van der Waals surface area contributed by atoms with Gasteiger partial charge in [0.2, 0.25) is 0 Å². The summed E-state index contributed by atoms with van der Waals surface area (Å²) in [7, 11) is 0. The molecule has 0 bridgehead atoms. The molecule has 4 heteroatoms. The largest absolute Gasteiger partial charge is 0.480 e. The van der Waals surface area contributed by atoms with E-state index in [0.29, 0.717) is 6.42 Å². The molecule has 1 unspecified atom stereocenters. The van der Waals surface area contributed by atoms with Gasteiger partial charge in [-0.15, -0.1) is 0 Å². The van der Waals surface area contributed by atoms with Gasteiger partial charge >= 0.3 is 5.97 Å². The van der Waals surface area contributed by atoms with Crippen LogP contribution in [-0.2, 0) is 11.2 Å². The van der Waals surface area contributed by atoms with Crippen LogP contribution in [0.1, 0.15) is 19.4 Å². The van der Waals surface area contributed by atoms with E-state index in [-0.39, 0.29) is 0 Å². The molecule has 1 heterocycles. The first-order valence-corrected chi connectivity index (χ1v) is 4.87. The lowest BCUT2D eigenvalue weighted by Gasteiger charge is -2.03. The van der Waals surface area contributed by atoms with E-state index in [1.54, 1.807) is 0 Å². The van der Waals surface area contributed by atoms with Gasteiger partial charge in [-0.1, -0.05) is 12.2 Å². The predicted molar refractivity (Wildman–Crippen MR) is 59.6 cm³/mol. The summed E-state index contributed by atoms with van der Waals surface area (Å²) in [5.41, 5.74) is 6.43. The highest BCUT2D eigenvalue weighted by Crippen LogP contribution is 1.93. The number of carboxylic acid groups (broad SMARTS) is 1. The van der Waals surface area contributed by atoms with Gasteiger partial charge in [0.25, 0.3) is 0 Å². The summed E-state index contributed by atoms with van der Waals surface area (Å²) in [5.74, 6) is -0.972. The van der Waals surface area contributed by atoms with Crippen molar-refractivity contribution in [3.05, 3.63) is 22.3 Å². The van der Waals surface area contributed by atoms with E-state index in [4.69, 9.17) is 10.8 Å². The molecule has 0 aromatic carbocycles. The van der Waals surface area contributed by atoms with Crippen LogP contribution in [-0.4, -0.2) is 22.1 Å². The maximum Gasteiger partial charge on any atom is 0.320 e. The number of H-pyrrole nitrogens is 1. The number of nitrogens with two attached hydrogens (primary N) is 1. The van der Waals surface area contributed by atoms with Gasteiger partial charge in [-0.3, -0.25) is 4.79 Å². The highest BCUT2D eigenvalue weighted by atomic mass is 16.4. The van der Waals surface area contributed by atoms with Crippen LogP contribution in [0.3, 0.4) is 0 Å². The minimum Gasteiger partial charge on any atom is -0.480 e. The van der Waals surface area contributed by atoms with Crippen LogP contribution < -0.4 is 16.3 Å². The van der Waals surface area contributed by atoms with Crippen LogP contribution >= 0.6 is 0 Å². The van der Waals surface area contributed by atoms with E-state index in [2.05, 4.69) is 4.98 Å². The summed E-state index contributed by atoms with van der Waals surface area (Å²) >= 11 is 0. The van der Waals surface area contributed by atoms with Crippen molar-refractivity contribution in [1.29, 1.82) is 0 Å². The van der Waals surface area contributed by atoms with E-state index in [1.165, 1.54) is 0 Å². The Bertz CT molecular complexity index is 459. The second-order valence-electron chi connectivity index (χ2n) is 3.37. The quantitative estimate of drug-likeness (QED) is 0.630. The minimum absolute atomic E-state index is 0.347. The first-order chi connectivity index (χ1) is 7.10. The maximum atomic E-state index is 10.6. The number of hydrogen-bond donors (Lipinski definition) is 3. The number of aliphatic carboxylic acids is 1. The third-order valence-corrected chi connectivity index (χ3v) is 2.37. The molecule has 0 aliphatic carbocycles. The van der Waals surface area contributed by atoms with Gasteiger partial charge in [0.05, 0.1) is 0 Å². The smallest absolute Gasteiger partial charge is 0.320 e. The third-order valence-electron chi connectivity index (χ3n) is 2.37. The lowest BCUT2D eigenvalue weighted by atomic mass is 10.1. The van der Waals surface area contributed by atoms with Gasteiger partial charge in [0, 0.05) is 18.0 Å². The van der Waals surface area contributed by atoms with Crippen molar-refractivity contribution >= 4 is 18.1 Å². The van der Waals surface area contributed by atoms with Crippen LogP contribution in [0.25, 0.3) is 12.2 Å². The average molecular weight is 208 g/mol. The molecule has 0 aliphatic rings. The highest BCUT2D eigenvalue weighted by Gasteiger charge is 2.13. The number of aromatic amines is 1. The van der Waals surface area contributed by atoms with Gasteiger partial charge in [0.15, 0.2) is 0 Å². The lowest BCUT2D eigenvalue weighted by molar-refractivity contribution is -0.138. The van der Waals surface area contributed by atoms with Gasteiger partial charge in [-0.25, -0.2) is 0 Å².